The van der Waals surface area contributed by atoms with E-state index in [-0.39, 0.29) is 5.92 Å². The van der Waals surface area contributed by atoms with Crippen LogP contribution in [0.1, 0.15) is 71.1 Å². The molecule has 2 saturated carbocycles. The molecule has 0 spiro atoms. The van der Waals surface area contributed by atoms with Crippen LogP contribution in [-0.4, -0.2) is 10.7 Å². The second-order valence-electron chi connectivity index (χ2n) is 6.18. The molecule has 2 rings (SSSR count). The maximum absolute atomic E-state index is 11.1. The van der Waals surface area contributed by atoms with Gasteiger partial charge in [0.15, 0.2) is 0 Å². The lowest BCUT2D eigenvalue weighted by molar-refractivity contribution is -0.125. The Hall–Kier alpha value is -0.550. The molecule has 2 nitrogen and oxygen atoms in total. The maximum atomic E-state index is 11.1. The van der Waals surface area contributed by atoms with E-state index in [1.807, 2.05) is 0 Å². The molecule has 0 aromatic carbocycles. The van der Waals surface area contributed by atoms with Gasteiger partial charge in [-0.2, -0.15) is 5.26 Å². The van der Waals surface area contributed by atoms with Crippen LogP contribution < -0.4 is 0 Å². The molecule has 0 radical (unpaired) electrons. The van der Waals surface area contributed by atoms with Gasteiger partial charge in [-0.3, -0.25) is 0 Å². The zero-order chi connectivity index (χ0) is 12.4. The molecule has 2 unspecified atom stereocenters. The normalized spacial score (nSPS) is 38.1. The third kappa shape index (κ3) is 2.10. The van der Waals surface area contributed by atoms with Crippen LogP contribution in [0.2, 0.25) is 0 Å². The third-order valence-electron chi connectivity index (χ3n) is 5.26. The molecule has 1 N–H and O–H groups in total. The number of nitriles is 1. The summed E-state index contributed by atoms with van der Waals surface area (Å²) in [7, 11) is 0. The Morgan fingerprint density at radius 1 is 1.00 bits per heavy atom. The van der Waals surface area contributed by atoms with Gasteiger partial charge in [-0.1, -0.05) is 45.4 Å². The lowest BCUT2D eigenvalue weighted by Crippen LogP contribution is -2.53. The largest absolute Gasteiger partial charge is 0.388 e. The van der Waals surface area contributed by atoms with Crippen molar-refractivity contribution in [1.82, 2.24) is 0 Å². The molecule has 2 aliphatic carbocycles. The molecule has 2 atom stereocenters. The zero-order valence-electron chi connectivity index (χ0n) is 11.0. The molecule has 17 heavy (non-hydrogen) atoms. The lowest BCUT2D eigenvalue weighted by Gasteiger charge is -2.49. The number of aliphatic hydroxyl groups is 1. The summed E-state index contributed by atoms with van der Waals surface area (Å²) >= 11 is 0. The summed E-state index contributed by atoms with van der Waals surface area (Å²) < 4.78 is 0. The van der Waals surface area contributed by atoms with Gasteiger partial charge in [0.2, 0.25) is 0 Å². The van der Waals surface area contributed by atoms with Crippen molar-refractivity contribution in [3.05, 3.63) is 0 Å². The second-order valence-corrected chi connectivity index (χ2v) is 6.18. The van der Waals surface area contributed by atoms with Gasteiger partial charge in [0.25, 0.3) is 0 Å². The molecule has 96 valence electrons. The monoisotopic (exact) mass is 235 g/mol. The number of rotatable bonds is 1. The van der Waals surface area contributed by atoms with Crippen LogP contribution in [-0.2, 0) is 0 Å². The van der Waals surface area contributed by atoms with E-state index in [1.54, 1.807) is 0 Å². The number of hydrogen-bond acceptors (Lipinski definition) is 2. The minimum atomic E-state index is -0.718. The standard InChI is InChI=1S/C15H25NO/c1-13-8-4-7-11-15(13,17)14(12-16)9-5-2-3-6-10-14/h13,17H,2-11H2,1H3. The molecule has 2 heteroatoms. The Kier molecular flexibility index (Phi) is 3.78. The molecule has 0 heterocycles. The van der Waals surface area contributed by atoms with Gasteiger partial charge in [0.05, 0.1) is 17.1 Å². The van der Waals surface area contributed by atoms with Gasteiger partial charge in [0, 0.05) is 0 Å². The van der Waals surface area contributed by atoms with Crippen molar-refractivity contribution in [2.45, 2.75) is 76.7 Å². The Bertz CT molecular complexity index is 299. The molecular formula is C15H25NO. The summed E-state index contributed by atoms with van der Waals surface area (Å²) in [6.45, 7) is 2.14. The molecule has 0 aromatic heterocycles. The summed E-state index contributed by atoms with van der Waals surface area (Å²) in [5, 5.41) is 20.8. The highest BCUT2D eigenvalue weighted by Crippen LogP contribution is 2.52. The fourth-order valence-corrected chi connectivity index (χ4v) is 4.01. The minimum Gasteiger partial charge on any atom is -0.388 e. The van der Waals surface area contributed by atoms with E-state index >= 15 is 0 Å². The van der Waals surface area contributed by atoms with Gasteiger partial charge in [-0.25, -0.2) is 0 Å². The smallest absolute Gasteiger partial charge is 0.0862 e. The summed E-state index contributed by atoms with van der Waals surface area (Å²) in [5.41, 5.74) is -1.17. The van der Waals surface area contributed by atoms with Crippen molar-refractivity contribution in [2.24, 2.45) is 11.3 Å². The highest BCUT2D eigenvalue weighted by molar-refractivity contribution is 5.14. The van der Waals surface area contributed by atoms with Gasteiger partial charge < -0.3 is 5.11 Å². The predicted octanol–water partition coefficient (Wildman–Crippen LogP) is 3.79. The van der Waals surface area contributed by atoms with E-state index in [2.05, 4.69) is 13.0 Å². The summed E-state index contributed by atoms with van der Waals surface area (Å²) in [6, 6.07) is 2.55. The van der Waals surface area contributed by atoms with Crippen LogP contribution in [0.5, 0.6) is 0 Å². The molecule has 0 amide bonds. The van der Waals surface area contributed by atoms with E-state index in [9.17, 15) is 10.4 Å². The topological polar surface area (TPSA) is 44.0 Å². The average Bonchev–Trinajstić information content (AvgIpc) is 2.59. The van der Waals surface area contributed by atoms with Crippen molar-refractivity contribution in [3.63, 3.8) is 0 Å². The molecular weight excluding hydrogens is 210 g/mol. The average molecular weight is 235 g/mol. The fraction of sp³-hybridized carbons (Fsp3) is 0.933. The molecule has 0 bridgehead atoms. The van der Waals surface area contributed by atoms with E-state index < -0.39 is 11.0 Å². The van der Waals surface area contributed by atoms with E-state index in [4.69, 9.17) is 0 Å². The first-order valence-corrected chi connectivity index (χ1v) is 7.28. The van der Waals surface area contributed by atoms with Crippen LogP contribution in [0.3, 0.4) is 0 Å². The first kappa shape index (κ1) is 12.9. The van der Waals surface area contributed by atoms with Crippen LogP contribution in [0.4, 0.5) is 0 Å². The molecule has 0 aliphatic heterocycles. The van der Waals surface area contributed by atoms with E-state index in [0.717, 1.165) is 44.9 Å². The third-order valence-corrected chi connectivity index (χ3v) is 5.26. The summed E-state index contributed by atoms with van der Waals surface area (Å²) in [5.74, 6) is 0.286. The molecule has 0 aromatic rings. The highest BCUT2D eigenvalue weighted by atomic mass is 16.3. The van der Waals surface area contributed by atoms with E-state index in [0.29, 0.717) is 0 Å². The Morgan fingerprint density at radius 3 is 2.12 bits per heavy atom. The summed E-state index contributed by atoms with van der Waals surface area (Å²) in [4.78, 5) is 0. The molecule has 0 saturated heterocycles. The fourth-order valence-electron chi connectivity index (χ4n) is 4.01. The Balaban J connectivity index is 2.28. The van der Waals surface area contributed by atoms with E-state index in [1.165, 1.54) is 19.3 Å². The second kappa shape index (κ2) is 4.98. The molecule has 2 fully saturated rings. The van der Waals surface area contributed by atoms with Crippen molar-refractivity contribution in [3.8, 4) is 6.07 Å². The van der Waals surface area contributed by atoms with Crippen LogP contribution >= 0.6 is 0 Å². The van der Waals surface area contributed by atoms with Crippen LogP contribution in [0.25, 0.3) is 0 Å². The SMILES string of the molecule is CC1CCCCC1(O)C1(C#N)CCCCCC1. The van der Waals surface area contributed by atoms with Gasteiger partial charge >= 0.3 is 0 Å². The lowest BCUT2D eigenvalue weighted by atomic mass is 9.58. The van der Waals surface area contributed by atoms with Crippen molar-refractivity contribution < 1.29 is 5.11 Å². The Morgan fingerprint density at radius 2 is 1.59 bits per heavy atom. The number of hydrogen-bond donors (Lipinski definition) is 1. The maximum Gasteiger partial charge on any atom is 0.0862 e. The van der Waals surface area contributed by atoms with Crippen LogP contribution in [0.15, 0.2) is 0 Å². The number of nitrogens with zero attached hydrogens (tertiary/aromatic N) is 1. The molecule has 2 aliphatic rings. The van der Waals surface area contributed by atoms with Crippen molar-refractivity contribution >= 4 is 0 Å². The van der Waals surface area contributed by atoms with Crippen LogP contribution in [0, 0.1) is 22.7 Å². The van der Waals surface area contributed by atoms with Gasteiger partial charge in [-0.05, 0) is 31.6 Å². The first-order valence-electron chi connectivity index (χ1n) is 7.28. The van der Waals surface area contributed by atoms with Crippen molar-refractivity contribution in [2.75, 3.05) is 0 Å². The first-order chi connectivity index (χ1) is 8.15. The quantitative estimate of drug-likeness (QED) is 0.703. The highest BCUT2D eigenvalue weighted by Gasteiger charge is 2.53. The van der Waals surface area contributed by atoms with Crippen molar-refractivity contribution in [1.29, 1.82) is 5.26 Å². The zero-order valence-corrected chi connectivity index (χ0v) is 11.0. The van der Waals surface area contributed by atoms with Gasteiger partial charge in [0.1, 0.15) is 0 Å². The Labute approximate surface area is 105 Å². The summed E-state index contributed by atoms with van der Waals surface area (Å²) in [6.07, 6.45) is 10.7. The minimum absolute atomic E-state index is 0.286. The van der Waals surface area contributed by atoms with Gasteiger partial charge in [-0.15, -0.1) is 0 Å². The predicted molar refractivity (Wildman–Crippen MR) is 68.3 cm³/mol.